The van der Waals surface area contributed by atoms with Crippen molar-refractivity contribution in [3.63, 3.8) is 0 Å². The summed E-state index contributed by atoms with van der Waals surface area (Å²) < 4.78 is 14.7. The van der Waals surface area contributed by atoms with Crippen LogP contribution in [0.4, 0.5) is 5.82 Å². The maximum absolute atomic E-state index is 12.2. The number of amides is 1. The molecule has 22 heavy (non-hydrogen) atoms. The molecule has 1 amide bonds. The number of hydrogen-bond acceptors (Lipinski definition) is 5. The molecule has 0 saturated heterocycles. The van der Waals surface area contributed by atoms with E-state index >= 15 is 0 Å². The van der Waals surface area contributed by atoms with E-state index in [1.165, 1.54) is 17.2 Å². The van der Waals surface area contributed by atoms with Crippen molar-refractivity contribution in [2.24, 2.45) is 0 Å². The number of carbonyl (C=O) groups excluding carboxylic acids is 1. The summed E-state index contributed by atoms with van der Waals surface area (Å²) >= 11 is 0. The van der Waals surface area contributed by atoms with Crippen LogP contribution in [-0.4, -0.2) is 40.9 Å². The van der Waals surface area contributed by atoms with Crippen LogP contribution < -0.4 is 5.32 Å². The molecule has 2 rings (SSSR count). The van der Waals surface area contributed by atoms with Crippen LogP contribution in [0.25, 0.3) is 0 Å². The van der Waals surface area contributed by atoms with Crippen molar-refractivity contribution in [1.29, 1.82) is 0 Å². The molecule has 2 aromatic rings. The van der Waals surface area contributed by atoms with Crippen LogP contribution in [0.5, 0.6) is 0 Å². The van der Waals surface area contributed by atoms with Gasteiger partial charge in [-0.3, -0.25) is 13.6 Å². The first kappa shape index (κ1) is 16.3. The first-order chi connectivity index (χ1) is 10.2. The van der Waals surface area contributed by atoms with Gasteiger partial charge in [0.2, 0.25) is 11.1 Å². The minimum atomic E-state index is -1.29. The van der Waals surface area contributed by atoms with E-state index in [9.17, 15) is 9.00 Å². The molecular formula is C13H20N6O2S. The van der Waals surface area contributed by atoms with Gasteiger partial charge in [0.1, 0.15) is 18.7 Å². The van der Waals surface area contributed by atoms with Crippen molar-refractivity contribution in [3.05, 3.63) is 18.1 Å². The van der Waals surface area contributed by atoms with E-state index in [0.717, 1.165) is 5.69 Å². The summed E-state index contributed by atoms with van der Waals surface area (Å²) in [6.45, 7) is 7.89. The molecule has 0 aliphatic carbocycles. The van der Waals surface area contributed by atoms with Crippen molar-refractivity contribution in [2.45, 2.75) is 44.9 Å². The van der Waals surface area contributed by atoms with Gasteiger partial charge in [0, 0.05) is 12.3 Å². The van der Waals surface area contributed by atoms with Gasteiger partial charge < -0.3 is 5.32 Å². The Morgan fingerprint density at radius 1 is 1.41 bits per heavy atom. The molecule has 1 unspecified atom stereocenters. The molecule has 0 bridgehead atoms. The van der Waals surface area contributed by atoms with Crippen molar-refractivity contribution >= 4 is 22.5 Å². The van der Waals surface area contributed by atoms with Crippen molar-refractivity contribution < 1.29 is 9.00 Å². The Balaban J connectivity index is 2.16. The Hall–Kier alpha value is -2.03. The molecule has 0 fully saturated rings. The van der Waals surface area contributed by atoms with Crippen LogP contribution >= 0.6 is 0 Å². The maximum Gasteiger partial charge on any atom is 0.245 e. The zero-order valence-electron chi connectivity index (χ0n) is 13.3. The van der Waals surface area contributed by atoms with Crippen LogP contribution in [0, 0.1) is 6.92 Å². The zero-order chi connectivity index (χ0) is 16.5. The Kier molecular flexibility index (Phi) is 4.45. The molecule has 2 aromatic heterocycles. The molecule has 1 N–H and O–H groups in total. The third-order valence-corrected chi connectivity index (χ3v) is 3.72. The molecule has 0 radical (unpaired) electrons. The van der Waals surface area contributed by atoms with E-state index in [1.54, 1.807) is 4.68 Å². The van der Waals surface area contributed by atoms with Gasteiger partial charge in [0.05, 0.1) is 22.0 Å². The summed E-state index contributed by atoms with van der Waals surface area (Å²) in [7, 11) is -1.29. The minimum absolute atomic E-state index is 0.00369. The van der Waals surface area contributed by atoms with Crippen molar-refractivity contribution in [2.75, 3.05) is 11.6 Å². The van der Waals surface area contributed by atoms with E-state index in [0.29, 0.717) is 5.82 Å². The lowest BCUT2D eigenvalue weighted by Crippen LogP contribution is -2.28. The molecule has 9 heteroatoms. The second-order valence-corrected chi connectivity index (χ2v) is 7.27. The fourth-order valence-corrected chi connectivity index (χ4v) is 2.62. The summed E-state index contributed by atoms with van der Waals surface area (Å²) in [5, 5.41) is 14.9. The predicted molar refractivity (Wildman–Crippen MR) is 82.9 cm³/mol. The summed E-state index contributed by atoms with van der Waals surface area (Å²) in [6, 6.07) is 1.81. The van der Waals surface area contributed by atoms with E-state index < -0.39 is 10.8 Å². The van der Waals surface area contributed by atoms with Gasteiger partial charge in [-0.1, -0.05) is 0 Å². The van der Waals surface area contributed by atoms with E-state index in [4.69, 9.17) is 0 Å². The molecule has 8 nitrogen and oxygen atoms in total. The van der Waals surface area contributed by atoms with Gasteiger partial charge in [-0.2, -0.15) is 5.10 Å². The smallest absolute Gasteiger partial charge is 0.245 e. The van der Waals surface area contributed by atoms with Crippen LogP contribution in [-0.2, 0) is 27.7 Å². The summed E-state index contributed by atoms with van der Waals surface area (Å²) in [5.74, 6) is 0.374. The summed E-state index contributed by atoms with van der Waals surface area (Å²) in [4.78, 5) is 12.2. The maximum atomic E-state index is 12.2. The molecule has 0 saturated carbocycles. The SMILES string of the molecule is Cc1cc(NC(=O)Cn2cnnc2S(C)=O)n(C(C)(C)C)n1. The largest absolute Gasteiger partial charge is 0.309 e. The summed E-state index contributed by atoms with van der Waals surface area (Å²) in [5.41, 5.74) is 0.577. The lowest BCUT2D eigenvalue weighted by molar-refractivity contribution is -0.116. The molecule has 0 aromatic carbocycles. The Labute approximate surface area is 131 Å². The van der Waals surface area contributed by atoms with Gasteiger partial charge in [0.15, 0.2) is 0 Å². The number of rotatable bonds is 4. The van der Waals surface area contributed by atoms with Crippen LogP contribution in [0.15, 0.2) is 17.6 Å². The van der Waals surface area contributed by atoms with E-state index in [-0.39, 0.29) is 23.1 Å². The highest BCUT2D eigenvalue weighted by atomic mass is 32.2. The number of carbonyl (C=O) groups is 1. The van der Waals surface area contributed by atoms with Gasteiger partial charge >= 0.3 is 0 Å². The minimum Gasteiger partial charge on any atom is -0.309 e. The molecule has 1 atom stereocenters. The molecular weight excluding hydrogens is 304 g/mol. The first-order valence-corrected chi connectivity index (χ1v) is 8.32. The first-order valence-electron chi connectivity index (χ1n) is 6.76. The standard InChI is InChI=1S/C13H20N6O2S/c1-9-6-10(19(17-9)13(2,3)4)15-11(20)7-18-8-14-16-12(18)22(5)21/h6,8H,7H2,1-5H3,(H,15,20). The quantitative estimate of drug-likeness (QED) is 0.902. The highest BCUT2D eigenvalue weighted by Gasteiger charge is 2.20. The third-order valence-electron chi connectivity index (χ3n) is 2.89. The second kappa shape index (κ2) is 5.99. The van der Waals surface area contributed by atoms with Crippen LogP contribution in [0.1, 0.15) is 26.5 Å². The number of aromatic nitrogens is 5. The predicted octanol–water partition coefficient (Wildman–Crippen LogP) is 0.914. The second-order valence-electron chi connectivity index (χ2n) is 6.00. The average molecular weight is 324 g/mol. The highest BCUT2D eigenvalue weighted by Crippen LogP contribution is 2.21. The Morgan fingerprint density at radius 2 is 2.09 bits per heavy atom. The number of nitrogens with zero attached hydrogens (tertiary/aromatic N) is 5. The van der Waals surface area contributed by atoms with Crippen LogP contribution in [0.3, 0.4) is 0 Å². The average Bonchev–Trinajstić information content (AvgIpc) is 2.95. The Morgan fingerprint density at radius 3 is 2.68 bits per heavy atom. The fraction of sp³-hybridized carbons (Fsp3) is 0.538. The molecule has 0 spiro atoms. The highest BCUT2D eigenvalue weighted by molar-refractivity contribution is 7.84. The van der Waals surface area contributed by atoms with E-state index in [2.05, 4.69) is 20.6 Å². The lowest BCUT2D eigenvalue weighted by atomic mass is 10.1. The topological polar surface area (TPSA) is 94.7 Å². The van der Waals surface area contributed by atoms with Gasteiger partial charge in [0.25, 0.3) is 0 Å². The number of aryl methyl sites for hydroxylation is 1. The third kappa shape index (κ3) is 3.59. The molecule has 2 heterocycles. The van der Waals surface area contributed by atoms with Gasteiger partial charge in [-0.25, -0.2) is 4.68 Å². The fourth-order valence-electron chi connectivity index (χ4n) is 2.01. The van der Waals surface area contributed by atoms with Crippen molar-refractivity contribution in [1.82, 2.24) is 24.5 Å². The molecule has 120 valence electrons. The van der Waals surface area contributed by atoms with Gasteiger partial charge in [-0.05, 0) is 27.7 Å². The lowest BCUT2D eigenvalue weighted by Gasteiger charge is -2.22. The normalized spacial score (nSPS) is 13.1. The number of nitrogens with one attached hydrogen (secondary N) is 1. The summed E-state index contributed by atoms with van der Waals surface area (Å²) in [6.07, 6.45) is 2.89. The van der Waals surface area contributed by atoms with Gasteiger partial charge in [-0.15, -0.1) is 10.2 Å². The van der Waals surface area contributed by atoms with E-state index in [1.807, 2.05) is 33.8 Å². The zero-order valence-corrected chi connectivity index (χ0v) is 14.1. The number of hydrogen-bond donors (Lipinski definition) is 1. The number of anilines is 1. The monoisotopic (exact) mass is 324 g/mol. The van der Waals surface area contributed by atoms with Crippen molar-refractivity contribution in [3.8, 4) is 0 Å². The van der Waals surface area contributed by atoms with Crippen LogP contribution in [0.2, 0.25) is 0 Å². The molecule has 0 aliphatic rings. The Bertz CT molecular complexity index is 712. The molecule has 0 aliphatic heterocycles.